The molecule has 1 aliphatic carbocycles. The summed E-state index contributed by atoms with van der Waals surface area (Å²) in [6.45, 7) is 0.933. The van der Waals surface area contributed by atoms with Crippen molar-refractivity contribution >= 4 is 47.4 Å². The summed E-state index contributed by atoms with van der Waals surface area (Å²) in [6, 6.07) is 5.89. The number of H-pyrrole nitrogens is 1. The van der Waals surface area contributed by atoms with Gasteiger partial charge >= 0.3 is 0 Å². The summed E-state index contributed by atoms with van der Waals surface area (Å²) in [5.41, 5.74) is 2.85. The monoisotopic (exact) mass is 384 g/mol. The predicted molar refractivity (Wildman–Crippen MR) is 106 cm³/mol. The number of hydrogen-bond donors (Lipinski definition) is 3. The summed E-state index contributed by atoms with van der Waals surface area (Å²) in [5, 5.41) is 6.24. The van der Waals surface area contributed by atoms with E-state index in [0.717, 1.165) is 41.9 Å². The SMILES string of the molecule is Cl.Cl.O=C(Nc1ccc2nc(C3CCCCC3)[nH]c2c1)C1CCCN1. The highest BCUT2D eigenvalue weighted by molar-refractivity contribution is 5.96. The van der Waals surface area contributed by atoms with Crippen LogP contribution in [0.4, 0.5) is 5.69 Å². The van der Waals surface area contributed by atoms with Gasteiger partial charge in [0, 0.05) is 11.6 Å². The Morgan fingerprint density at radius 3 is 2.60 bits per heavy atom. The largest absolute Gasteiger partial charge is 0.342 e. The maximum absolute atomic E-state index is 12.2. The van der Waals surface area contributed by atoms with Crippen molar-refractivity contribution in [2.24, 2.45) is 0 Å². The lowest BCUT2D eigenvalue weighted by molar-refractivity contribution is -0.117. The number of halogens is 2. The number of carbonyl (C=O) groups is 1. The maximum atomic E-state index is 12.2. The molecule has 5 nitrogen and oxygen atoms in total. The minimum Gasteiger partial charge on any atom is -0.342 e. The molecule has 3 N–H and O–H groups in total. The Morgan fingerprint density at radius 1 is 1.08 bits per heavy atom. The predicted octanol–water partition coefficient (Wildman–Crippen LogP) is 4.14. The topological polar surface area (TPSA) is 69.8 Å². The lowest BCUT2D eigenvalue weighted by Crippen LogP contribution is -2.35. The van der Waals surface area contributed by atoms with Crippen LogP contribution < -0.4 is 10.6 Å². The number of benzene rings is 1. The summed E-state index contributed by atoms with van der Waals surface area (Å²) in [7, 11) is 0. The third-order valence-electron chi connectivity index (χ3n) is 5.14. The molecule has 0 bridgehead atoms. The Kier molecular flexibility index (Phi) is 7.11. The lowest BCUT2D eigenvalue weighted by atomic mass is 9.89. The van der Waals surface area contributed by atoms with Crippen LogP contribution in [0.25, 0.3) is 11.0 Å². The Bertz CT molecular complexity index is 706. The first kappa shape index (κ1) is 20.0. The number of anilines is 1. The number of imidazole rings is 1. The molecule has 1 unspecified atom stereocenters. The second-order valence-corrected chi connectivity index (χ2v) is 6.83. The van der Waals surface area contributed by atoms with Gasteiger partial charge in [-0.25, -0.2) is 4.98 Å². The quantitative estimate of drug-likeness (QED) is 0.744. The van der Waals surface area contributed by atoms with Gasteiger partial charge in [0.15, 0.2) is 0 Å². The molecule has 1 saturated carbocycles. The molecule has 138 valence electrons. The molecule has 0 radical (unpaired) electrons. The maximum Gasteiger partial charge on any atom is 0.241 e. The fourth-order valence-electron chi connectivity index (χ4n) is 3.81. The molecule has 1 aromatic carbocycles. The van der Waals surface area contributed by atoms with Gasteiger partial charge in [-0.3, -0.25) is 4.79 Å². The van der Waals surface area contributed by atoms with Crippen LogP contribution in [0.5, 0.6) is 0 Å². The van der Waals surface area contributed by atoms with Crippen molar-refractivity contribution in [3.05, 3.63) is 24.0 Å². The molecule has 25 heavy (non-hydrogen) atoms. The van der Waals surface area contributed by atoms with E-state index in [4.69, 9.17) is 4.98 Å². The Balaban J connectivity index is 0.00000113. The van der Waals surface area contributed by atoms with Gasteiger partial charge in [0.1, 0.15) is 5.82 Å². The van der Waals surface area contributed by atoms with Crippen LogP contribution in [-0.4, -0.2) is 28.5 Å². The Hall–Kier alpha value is -1.30. The fraction of sp³-hybridized carbons (Fsp3) is 0.556. The van der Waals surface area contributed by atoms with E-state index < -0.39 is 0 Å². The van der Waals surface area contributed by atoms with Crippen molar-refractivity contribution in [2.75, 3.05) is 11.9 Å². The van der Waals surface area contributed by atoms with Crippen molar-refractivity contribution in [1.29, 1.82) is 0 Å². The second kappa shape index (κ2) is 8.88. The van der Waals surface area contributed by atoms with Crippen LogP contribution in [0, 0.1) is 0 Å². The number of nitrogens with zero attached hydrogens (tertiary/aromatic N) is 1. The van der Waals surface area contributed by atoms with E-state index >= 15 is 0 Å². The summed E-state index contributed by atoms with van der Waals surface area (Å²) < 4.78 is 0. The number of carbonyl (C=O) groups excluding carboxylic acids is 1. The second-order valence-electron chi connectivity index (χ2n) is 6.83. The average molecular weight is 385 g/mol. The van der Waals surface area contributed by atoms with E-state index in [0.29, 0.717) is 5.92 Å². The van der Waals surface area contributed by atoms with Crippen LogP contribution in [0.15, 0.2) is 18.2 Å². The minimum absolute atomic E-state index is 0. The molecule has 1 atom stereocenters. The van der Waals surface area contributed by atoms with Crippen molar-refractivity contribution in [3.8, 4) is 0 Å². The highest BCUT2D eigenvalue weighted by Crippen LogP contribution is 2.32. The van der Waals surface area contributed by atoms with Crippen molar-refractivity contribution < 1.29 is 4.79 Å². The van der Waals surface area contributed by atoms with E-state index in [2.05, 4.69) is 15.6 Å². The van der Waals surface area contributed by atoms with Crippen LogP contribution in [0.2, 0.25) is 0 Å². The first-order chi connectivity index (χ1) is 11.3. The van der Waals surface area contributed by atoms with Gasteiger partial charge in [-0.2, -0.15) is 0 Å². The molecule has 0 spiro atoms. The minimum atomic E-state index is -0.0507. The fourth-order valence-corrected chi connectivity index (χ4v) is 3.81. The zero-order chi connectivity index (χ0) is 15.6. The first-order valence-corrected chi connectivity index (χ1v) is 8.83. The molecular formula is C18H26Cl2N4O. The summed E-state index contributed by atoms with van der Waals surface area (Å²) in [5.74, 6) is 1.74. The smallest absolute Gasteiger partial charge is 0.241 e. The normalized spacial score (nSPS) is 20.7. The average Bonchev–Trinajstić information content (AvgIpc) is 3.25. The summed E-state index contributed by atoms with van der Waals surface area (Å²) >= 11 is 0. The molecule has 2 aromatic rings. The lowest BCUT2D eigenvalue weighted by Gasteiger charge is -2.18. The zero-order valence-electron chi connectivity index (χ0n) is 14.2. The molecule has 2 aliphatic rings. The van der Waals surface area contributed by atoms with Gasteiger partial charge in [0.05, 0.1) is 17.1 Å². The van der Waals surface area contributed by atoms with Crippen molar-refractivity contribution in [2.45, 2.75) is 56.9 Å². The third-order valence-corrected chi connectivity index (χ3v) is 5.14. The van der Waals surface area contributed by atoms with Gasteiger partial charge in [-0.15, -0.1) is 24.8 Å². The van der Waals surface area contributed by atoms with E-state index in [1.165, 1.54) is 32.1 Å². The summed E-state index contributed by atoms with van der Waals surface area (Å²) in [6.07, 6.45) is 8.41. The number of rotatable bonds is 3. The molecule has 1 aliphatic heterocycles. The van der Waals surface area contributed by atoms with Crippen LogP contribution >= 0.6 is 24.8 Å². The number of amides is 1. The van der Waals surface area contributed by atoms with Crippen LogP contribution in [0.3, 0.4) is 0 Å². The van der Waals surface area contributed by atoms with E-state index in [-0.39, 0.29) is 36.8 Å². The van der Waals surface area contributed by atoms with Gasteiger partial charge in [0.2, 0.25) is 5.91 Å². The van der Waals surface area contributed by atoms with Gasteiger partial charge in [-0.05, 0) is 50.4 Å². The number of aromatic amines is 1. The summed E-state index contributed by atoms with van der Waals surface area (Å²) in [4.78, 5) is 20.4. The number of hydrogen-bond acceptors (Lipinski definition) is 3. The number of nitrogens with one attached hydrogen (secondary N) is 3. The standard InChI is InChI=1S/C18H24N4O.2ClH/c23-18(15-7-4-10-19-15)20-13-8-9-14-16(11-13)22-17(21-14)12-5-2-1-3-6-12;;/h8-9,11-12,15,19H,1-7,10H2,(H,20,23)(H,21,22);2*1H. The molecule has 1 aromatic heterocycles. The first-order valence-electron chi connectivity index (χ1n) is 8.83. The molecule has 2 heterocycles. The van der Waals surface area contributed by atoms with Crippen LogP contribution in [-0.2, 0) is 4.79 Å². The van der Waals surface area contributed by atoms with Gasteiger partial charge in [-0.1, -0.05) is 19.3 Å². The number of aromatic nitrogens is 2. The Morgan fingerprint density at radius 2 is 1.88 bits per heavy atom. The number of fused-ring (bicyclic) bond motifs is 1. The van der Waals surface area contributed by atoms with E-state index in [1.807, 2.05) is 18.2 Å². The van der Waals surface area contributed by atoms with Gasteiger partial charge in [0.25, 0.3) is 0 Å². The highest BCUT2D eigenvalue weighted by Gasteiger charge is 2.22. The molecule has 2 fully saturated rings. The molecule has 7 heteroatoms. The van der Waals surface area contributed by atoms with Crippen LogP contribution in [0.1, 0.15) is 56.7 Å². The Labute approximate surface area is 160 Å². The molecular weight excluding hydrogens is 359 g/mol. The third kappa shape index (κ3) is 4.46. The van der Waals surface area contributed by atoms with E-state index in [1.54, 1.807) is 0 Å². The molecule has 1 amide bonds. The van der Waals surface area contributed by atoms with Gasteiger partial charge < -0.3 is 15.6 Å². The van der Waals surface area contributed by atoms with Crippen molar-refractivity contribution in [3.63, 3.8) is 0 Å². The molecule has 4 rings (SSSR count). The zero-order valence-corrected chi connectivity index (χ0v) is 15.8. The van der Waals surface area contributed by atoms with Crippen molar-refractivity contribution in [1.82, 2.24) is 15.3 Å². The van der Waals surface area contributed by atoms with E-state index in [9.17, 15) is 4.79 Å². The molecule has 1 saturated heterocycles. The highest BCUT2D eigenvalue weighted by atomic mass is 35.5.